The van der Waals surface area contributed by atoms with Crippen LogP contribution in [-0.4, -0.2) is 33.6 Å². The molecule has 7 nitrogen and oxygen atoms in total. The van der Waals surface area contributed by atoms with Crippen LogP contribution in [0.2, 0.25) is 0 Å². The van der Waals surface area contributed by atoms with Crippen LogP contribution in [0.4, 0.5) is 0 Å². The molecule has 13 rings (SSSR count). The van der Waals surface area contributed by atoms with E-state index in [2.05, 4.69) is 181 Å². The number of nitrogens with zero attached hydrogens (tertiary/aromatic N) is 7. The van der Waals surface area contributed by atoms with Gasteiger partial charge in [-0.2, -0.15) is 0 Å². The maximum Gasteiger partial charge on any atom is 0.164 e. The lowest BCUT2D eigenvalue weighted by Crippen LogP contribution is -2.10. The average Bonchev–Trinajstić information content (AvgIpc) is 3.98. The van der Waals surface area contributed by atoms with E-state index < -0.39 is 0 Å². The topological polar surface area (TPSA) is 66.3 Å². The summed E-state index contributed by atoms with van der Waals surface area (Å²) in [5.74, 6) is 1.79. The van der Waals surface area contributed by atoms with E-state index in [1.54, 1.807) is 0 Å². The molecule has 318 valence electrons. The highest BCUT2D eigenvalue weighted by Crippen LogP contribution is 2.45. The first-order valence-electron chi connectivity index (χ1n) is 22.8. The first-order valence-corrected chi connectivity index (χ1v) is 22.8. The van der Waals surface area contributed by atoms with Gasteiger partial charge in [0.25, 0.3) is 0 Å². The molecule has 0 aliphatic carbocycles. The minimum Gasteiger partial charge on any atom is -0.307 e. The van der Waals surface area contributed by atoms with E-state index in [0.29, 0.717) is 17.5 Å². The quantitative estimate of drug-likeness (QED) is 0.167. The van der Waals surface area contributed by atoms with E-state index in [1.165, 1.54) is 43.8 Å². The zero-order chi connectivity index (χ0) is 44.9. The van der Waals surface area contributed by atoms with Crippen molar-refractivity contribution in [2.45, 2.75) is 27.7 Å². The second-order valence-corrected chi connectivity index (χ2v) is 17.9. The zero-order valence-corrected chi connectivity index (χ0v) is 37.5. The van der Waals surface area contributed by atoms with Crippen molar-refractivity contribution >= 4 is 65.5 Å². The molecule has 0 fully saturated rings. The number of hydrogen-bond donors (Lipinski definition) is 0. The van der Waals surface area contributed by atoms with Gasteiger partial charge in [0.2, 0.25) is 0 Å². The molecule has 0 aliphatic rings. The van der Waals surface area contributed by atoms with E-state index in [4.69, 9.17) is 19.9 Å². The Morgan fingerprint density at radius 1 is 0.313 bits per heavy atom. The second kappa shape index (κ2) is 14.9. The lowest BCUT2D eigenvalue weighted by molar-refractivity contribution is 1.04. The fourth-order valence-electron chi connectivity index (χ4n) is 10.3. The van der Waals surface area contributed by atoms with E-state index in [9.17, 15) is 0 Å². The van der Waals surface area contributed by atoms with Gasteiger partial charge in [0.15, 0.2) is 17.5 Å². The predicted octanol–water partition coefficient (Wildman–Crippen LogP) is 14.8. The van der Waals surface area contributed by atoms with Crippen molar-refractivity contribution in [1.82, 2.24) is 33.6 Å². The molecule has 0 saturated heterocycles. The van der Waals surface area contributed by atoms with Crippen LogP contribution in [-0.2, 0) is 0 Å². The first kappa shape index (κ1) is 38.8. The van der Waals surface area contributed by atoms with Gasteiger partial charge in [0, 0.05) is 49.8 Å². The Kier molecular flexibility index (Phi) is 8.64. The number of rotatable bonds is 6. The number of hydrogen-bond acceptors (Lipinski definition) is 4. The van der Waals surface area contributed by atoms with Gasteiger partial charge in [-0.15, -0.1) is 0 Å². The van der Waals surface area contributed by atoms with Crippen LogP contribution in [0.1, 0.15) is 22.3 Å². The molecule has 0 radical (unpaired) electrons. The molecule has 13 aromatic rings. The number of aromatic nitrogens is 7. The normalized spacial score (nSPS) is 11.9. The average molecular weight is 862 g/mol. The summed E-state index contributed by atoms with van der Waals surface area (Å²) in [7, 11) is 0. The standard InChI is InChI=1S/C60H43N7/c1-36-21-25-49-44(30-36)45-31-37(2)22-26-50(45)65(49)54-34-42(60-63-58(40-14-7-5-8-15-40)62-59(64-60)41-16-9-6-10-17-41)35-55(57(54)67-48-19-12-11-18-43(48)56-53(67)20-13-29-61-56)66-51-27-23-38(3)32-46(51)47-33-39(4)24-28-52(47)66/h5-35H,1-4H3. The van der Waals surface area contributed by atoms with Crippen molar-refractivity contribution in [2.24, 2.45) is 0 Å². The lowest BCUT2D eigenvalue weighted by Gasteiger charge is -2.23. The van der Waals surface area contributed by atoms with E-state index in [1.807, 2.05) is 48.7 Å². The third kappa shape index (κ3) is 6.12. The summed E-state index contributed by atoms with van der Waals surface area (Å²) in [6, 6.07) is 65.2. The van der Waals surface area contributed by atoms with Crippen molar-refractivity contribution in [1.29, 1.82) is 0 Å². The number of para-hydroxylation sites is 1. The Balaban J connectivity index is 1.27. The van der Waals surface area contributed by atoms with Crippen LogP contribution in [0, 0.1) is 27.7 Å². The van der Waals surface area contributed by atoms with Gasteiger partial charge in [0.1, 0.15) is 0 Å². The summed E-state index contributed by atoms with van der Waals surface area (Å²) in [6.07, 6.45) is 1.90. The first-order chi connectivity index (χ1) is 32.9. The molecule has 0 spiro atoms. The van der Waals surface area contributed by atoms with Crippen molar-refractivity contribution in [3.63, 3.8) is 0 Å². The molecular weight excluding hydrogens is 819 g/mol. The molecule has 5 heterocycles. The maximum atomic E-state index is 5.37. The van der Waals surface area contributed by atoms with E-state index in [-0.39, 0.29) is 0 Å². The van der Waals surface area contributed by atoms with Crippen LogP contribution >= 0.6 is 0 Å². The predicted molar refractivity (Wildman–Crippen MR) is 276 cm³/mol. The van der Waals surface area contributed by atoms with Gasteiger partial charge >= 0.3 is 0 Å². The Bertz CT molecular complexity index is 3760. The van der Waals surface area contributed by atoms with Gasteiger partial charge in [-0.25, -0.2) is 15.0 Å². The van der Waals surface area contributed by atoms with Crippen molar-refractivity contribution in [2.75, 3.05) is 0 Å². The summed E-state index contributed by atoms with van der Waals surface area (Å²) in [6.45, 7) is 8.70. The second-order valence-electron chi connectivity index (χ2n) is 17.9. The molecular formula is C60H43N7. The zero-order valence-electron chi connectivity index (χ0n) is 37.5. The SMILES string of the molecule is Cc1ccc2c(c1)c1cc(C)ccc1n2-c1cc(-c2nc(-c3ccccc3)nc(-c3ccccc3)n2)cc(-n2c3ccc(C)cc3c3cc(C)ccc32)c1-n1c2ccccc2c2ncccc21. The Labute approximate surface area is 386 Å². The van der Waals surface area contributed by atoms with Crippen LogP contribution in [0.25, 0.3) is 117 Å². The molecule has 7 heteroatoms. The van der Waals surface area contributed by atoms with Crippen molar-refractivity contribution in [3.05, 3.63) is 210 Å². The highest BCUT2D eigenvalue weighted by atomic mass is 15.1. The van der Waals surface area contributed by atoms with Crippen LogP contribution in [0.3, 0.4) is 0 Å². The molecule has 0 atom stereocenters. The molecule has 0 unspecified atom stereocenters. The Morgan fingerprint density at radius 2 is 0.701 bits per heavy atom. The Morgan fingerprint density at radius 3 is 1.16 bits per heavy atom. The number of benzene rings is 8. The van der Waals surface area contributed by atoms with Crippen LogP contribution in [0.15, 0.2) is 188 Å². The minimum absolute atomic E-state index is 0.575. The highest BCUT2D eigenvalue weighted by Gasteiger charge is 2.27. The monoisotopic (exact) mass is 861 g/mol. The summed E-state index contributed by atoms with van der Waals surface area (Å²) < 4.78 is 7.36. The molecule has 0 N–H and O–H groups in total. The molecule has 67 heavy (non-hydrogen) atoms. The number of fused-ring (bicyclic) bond motifs is 9. The van der Waals surface area contributed by atoms with Crippen LogP contribution in [0.5, 0.6) is 0 Å². The van der Waals surface area contributed by atoms with Gasteiger partial charge in [-0.1, -0.05) is 125 Å². The van der Waals surface area contributed by atoms with Crippen LogP contribution < -0.4 is 0 Å². The fraction of sp³-hybridized carbons (Fsp3) is 0.0667. The maximum absolute atomic E-state index is 5.37. The van der Waals surface area contributed by atoms with Crippen molar-refractivity contribution < 1.29 is 0 Å². The molecule has 8 aromatic carbocycles. The van der Waals surface area contributed by atoms with E-state index in [0.717, 1.165) is 77.8 Å². The molecule has 0 bridgehead atoms. The Hall–Kier alpha value is -8.68. The smallest absolute Gasteiger partial charge is 0.164 e. The fourth-order valence-corrected chi connectivity index (χ4v) is 10.3. The summed E-state index contributed by atoms with van der Waals surface area (Å²) >= 11 is 0. The number of pyridine rings is 1. The molecule has 5 aromatic heterocycles. The van der Waals surface area contributed by atoms with Gasteiger partial charge in [0.05, 0.1) is 55.7 Å². The highest BCUT2D eigenvalue weighted by molar-refractivity contribution is 6.13. The third-order valence-electron chi connectivity index (χ3n) is 13.3. The summed E-state index contributed by atoms with van der Waals surface area (Å²) in [5, 5.41) is 5.86. The summed E-state index contributed by atoms with van der Waals surface area (Å²) in [4.78, 5) is 20.9. The molecule has 0 aliphatic heterocycles. The van der Waals surface area contributed by atoms with Crippen molar-refractivity contribution in [3.8, 4) is 51.2 Å². The number of aryl methyl sites for hydroxylation is 4. The van der Waals surface area contributed by atoms with Gasteiger partial charge in [-0.05, 0) is 107 Å². The third-order valence-corrected chi connectivity index (χ3v) is 13.3. The van der Waals surface area contributed by atoms with Gasteiger partial charge < -0.3 is 13.7 Å². The molecule has 0 amide bonds. The van der Waals surface area contributed by atoms with Gasteiger partial charge in [-0.3, -0.25) is 4.98 Å². The largest absolute Gasteiger partial charge is 0.307 e. The van der Waals surface area contributed by atoms with E-state index >= 15 is 0 Å². The lowest BCUT2D eigenvalue weighted by atomic mass is 10.1. The minimum atomic E-state index is 0.575. The molecule has 0 saturated carbocycles. The summed E-state index contributed by atoms with van der Waals surface area (Å²) in [5.41, 5.74) is 17.9.